The topological polar surface area (TPSA) is 58.6 Å². The second-order valence-electron chi connectivity index (χ2n) is 14.2. The van der Waals surface area contributed by atoms with Crippen molar-refractivity contribution in [3.8, 4) is 11.5 Å². The molecule has 0 fully saturated rings. The van der Waals surface area contributed by atoms with Crippen molar-refractivity contribution >= 4 is 7.82 Å². The van der Waals surface area contributed by atoms with Crippen LogP contribution in [0.4, 0.5) is 0 Å². The zero-order valence-electron chi connectivity index (χ0n) is 25.0. The zero-order valence-corrected chi connectivity index (χ0v) is 29.0. The number of phosphoric ester groups is 1. The molecule has 0 N–H and O–H groups in total. The third kappa shape index (κ3) is 6.70. The summed E-state index contributed by atoms with van der Waals surface area (Å²) in [5.41, 5.74) is 4.96. The maximum Gasteiger partial charge on any atom is 1.00 e. The van der Waals surface area contributed by atoms with E-state index in [0.717, 1.165) is 33.4 Å². The minimum Gasteiger partial charge on any atom is -0.736 e. The summed E-state index contributed by atoms with van der Waals surface area (Å²) in [7, 11) is -4.70. The molecule has 0 bridgehead atoms. The third-order valence-electron chi connectivity index (χ3n) is 6.92. The molecule has 0 saturated heterocycles. The SMILES string of the molecule is CC1c2cc(C(C)(C)C)cc(C(C)(C)C)c2OP(=O)([O-])Oc2c1cc(C(C)(C)C)cc2C(C)(C)C.[K+]. The van der Waals surface area contributed by atoms with Crippen molar-refractivity contribution in [3.63, 3.8) is 0 Å². The molecule has 3 rings (SSSR count). The number of fused-ring (bicyclic) bond motifs is 2. The Bertz CT molecular complexity index is 1100. The fraction of sp³-hybridized carbons (Fsp3) is 0.600. The molecule has 0 amide bonds. The first-order valence-electron chi connectivity index (χ1n) is 12.6. The van der Waals surface area contributed by atoms with Crippen molar-refractivity contribution in [1.29, 1.82) is 0 Å². The molecule has 1 heterocycles. The predicted octanol–water partition coefficient (Wildman–Crippen LogP) is 5.27. The van der Waals surface area contributed by atoms with E-state index in [1.165, 1.54) is 0 Å². The number of hydrogen-bond donors (Lipinski definition) is 0. The maximum absolute atomic E-state index is 13.4. The summed E-state index contributed by atoms with van der Waals surface area (Å²) in [6, 6.07) is 8.45. The molecule has 4 nitrogen and oxygen atoms in total. The quantitative estimate of drug-likeness (QED) is 0.339. The molecule has 0 radical (unpaired) electrons. The standard InChI is InChI=1S/C30H45O4P.K/c1-18-21-14-19(27(2,3)4)16-23(29(8,9)10)25(21)33-35(31,32)34-26-22(18)15-20(28(5,6)7)17-24(26)30(11,12)13;/h14-18H,1-13H3,(H,31,32);/q;+1/p-1. The van der Waals surface area contributed by atoms with Gasteiger partial charge in [-0.15, -0.1) is 0 Å². The van der Waals surface area contributed by atoms with Crippen molar-refractivity contribution in [2.45, 2.75) is 118 Å². The molecular weight excluding hydrogens is 494 g/mol. The Morgan fingerprint density at radius 2 is 0.944 bits per heavy atom. The van der Waals surface area contributed by atoms with Crippen molar-refractivity contribution in [2.75, 3.05) is 0 Å². The van der Waals surface area contributed by atoms with Crippen LogP contribution < -0.4 is 65.3 Å². The Balaban J connectivity index is 0.00000456. The number of hydrogen-bond acceptors (Lipinski definition) is 4. The Morgan fingerprint density at radius 1 is 0.639 bits per heavy atom. The van der Waals surface area contributed by atoms with Crippen molar-refractivity contribution in [2.24, 2.45) is 0 Å². The molecular formula is C30H44KO4P. The molecule has 6 heteroatoms. The summed E-state index contributed by atoms with van der Waals surface area (Å²) < 4.78 is 25.0. The second kappa shape index (κ2) is 10.1. The minimum atomic E-state index is -4.70. The van der Waals surface area contributed by atoms with Gasteiger partial charge in [-0.25, -0.2) is 4.57 Å². The van der Waals surface area contributed by atoms with E-state index in [9.17, 15) is 9.46 Å². The van der Waals surface area contributed by atoms with Gasteiger partial charge in [0.2, 0.25) is 0 Å². The van der Waals surface area contributed by atoms with Gasteiger partial charge in [-0.2, -0.15) is 0 Å². The Kier molecular flexibility index (Phi) is 9.02. The molecule has 0 aliphatic carbocycles. The van der Waals surface area contributed by atoms with Crippen LogP contribution in [0.25, 0.3) is 0 Å². The average molecular weight is 539 g/mol. The summed E-state index contributed by atoms with van der Waals surface area (Å²) >= 11 is 0. The minimum absolute atomic E-state index is 0. The van der Waals surface area contributed by atoms with Crippen molar-refractivity contribution < 1.29 is 69.9 Å². The van der Waals surface area contributed by atoms with Crippen molar-refractivity contribution in [3.05, 3.63) is 57.6 Å². The van der Waals surface area contributed by atoms with E-state index in [1.54, 1.807) is 0 Å². The summed E-state index contributed by atoms with van der Waals surface area (Å²) in [6.45, 7) is 27.7. The molecule has 0 unspecified atom stereocenters. The number of phosphoric acid groups is 1. The first-order chi connectivity index (χ1) is 15.5. The van der Waals surface area contributed by atoms with Gasteiger partial charge in [0, 0.05) is 28.2 Å². The smallest absolute Gasteiger partial charge is 0.736 e. The normalized spacial score (nSPS) is 20.7. The largest absolute Gasteiger partial charge is 1.00 e. The molecule has 0 aromatic heterocycles. The van der Waals surface area contributed by atoms with Gasteiger partial charge < -0.3 is 13.9 Å². The number of benzene rings is 2. The van der Waals surface area contributed by atoms with Crippen molar-refractivity contribution in [1.82, 2.24) is 0 Å². The fourth-order valence-electron chi connectivity index (χ4n) is 4.54. The molecule has 2 aromatic carbocycles. The Morgan fingerprint density at radius 3 is 1.19 bits per heavy atom. The molecule has 0 atom stereocenters. The monoisotopic (exact) mass is 538 g/mol. The van der Waals surface area contributed by atoms with Crippen LogP contribution in [0.1, 0.15) is 129 Å². The van der Waals surface area contributed by atoms with E-state index in [0.29, 0.717) is 11.5 Å². The van der Waals surface area contributed by atoms with Crippen LogP contribution in [0.5, 0.6) is 11.5 Å². The molecule has 1 aliphatic rings. The van der Waals surface area contributed by atoms with Crippen LogP contribution in [0.3, 0.4) is 0 Å². The molecule has 1 aliphatic heterocycles. The summed E-state index contributed by atoms with van der Waals surface area (Å²) in [4.78, 5) is 13.4. The van der Waals surface area contributed by atoms with Crippen LogP contribution in [-0.2, 0) is 26.2 Å². The number of rotatable bonds is 0. The molecule has 0 saturated carbocycles. The first-order valence-corrected chi connectivity index (χ1v) is 14.1. The van der Waals surface area contributed by atoms with Crippen LogP contribution in [0.15, 0.2) is 24.3 Å². The van der Waals surface area contributed by atoms with Gasteiger partial charge in [-0.1, -0.05) is 114 Å². The van der Waals surface area contributed by atoms with Crippen LogP contribution in [-0.4, -0.2) is 0 Å². The maximum atomic E-state index is 13.4. The molecule has 36 heavy (non-hydrogen) atoms. The summed E-state index contributed by atoms with van der Waals surface area (Å²) in [5, 5.41) is 0. The summed E-state index contributed by atoms with van der Waals surface area (Å²) in [5.74, 6) is 0.674. The van der Waals surface area contributed by atoms with E-state index in [2.05, 4.69) is 114 Å². The van der Waals surface area contributed by atoms with Crippen LogP contribution >= 0.6 is 7.82 Å². The molecule has 194 valence electrons. The van der Waals surface area contributed by atoms with Gasteiger partial charge in [0.15, 0.2) is 0 Å². The van der Waals surface area contributed by atoms with Gasteiger partial charge in [0.1, 0.15) is 11.5 Å². The average Bonchev–Trinajstić information content (AvgIpc) is 2.62. The second-order valence-corrected chi connectivity index (χ2v) is 15.5. The zero-order chi connectivity index (χ0) is 26.9. The Hall–Kier alpha value is -0.134. The van der Waals surface area contributed by atoms with Crippen LogP contribution in [0, 0.1) is 0 Å². The Labute approximate surface area is 262 Å². The predicted molar refractivity (Wildman–Crippen MR) is 144 cm³/mol. The molecule has 2 aromatic rings. The van der Waals surface area contributed by atoms with Gasteiger partial charge >= 0.3 is 59.2 Å². The van der Waals surface area contributed by atoms with E-state index >= 15 is 0 Å². The molecule has 0 spiro atoms. The van der Waals surface area contributed by atoms with Gasteiger partial charge in [-0.05, 0) is 32.8 Å². The van der Waals surface area contributed by atoms with Gasteiger partial charge in [0.25, 0.3) is 0 Å². The van der Waals surface area contributed by atoms with Gasteiger partial charge in [-0.3, -0.25) is 0 Å². The van der Waals surface area contributed by atoms with E-state index in [4.69, 9.17) is 9.05 Å². The first kappa shape index (κ1) is 32.1. The van der Waals surface area contributed by atoms with E-state index < -0.39 is 7.82 Å². The van der Waals surface area contributed by atoms with E-state index in [-0.39, 0.29) is 79.0 Å². The van der Waals surface area contributed by atoms with Gasteiger partial charge in [0.05, 0.1) is 0 Å². The fourth-order valence-corrected chi connectivity index (χ4v) is 5.43. The summed E-state index contributed by atoms with van der Waals surface area (Å²) in [6.07, 6.45) is 0. The third-order valence-corrected chi connectivity index (χ3v) is 7.73. The van der Waals surface area contributed by atoms with E-state index in [1.807, 2.05) is 0 Å². The van der Waals surface area contributed by atoms with Crippen LogP contribution in [0.2, 0.25) is 0 Å².